The van der Waals surface area contributed by atoms with Gasteiger partial charge in [0.25, 0.3) is 0 Å². The SMILES string of the molecule is CC(C#N)CN(C)S(=O)(=O)c1ccc(CCC(=O)O)cc1. The van der Waals surface area contributed by atoms with Crippen molar-refractivity contribution in [1.29, 1.82) is 5.26 Å². The van der Waals surface area contributed by atoms with Gasteiger partial charge in [0.2, 0.25) is 10.0 Å². The second kappa shape index (κ2) is 7.20. The minimum Gasteiger partial charge on any atom is -0.481 e. The number of aryl methyl sites for hydroxylation is 1. The first-order valence-electron chi connectivity index (χ1n) is 6.44. The number of nitrogens with zero attached hydrogens (tertiary/aromatic N) is 2. The summed E-state index contributed by atoms with van der Waals surface area (Å²) in [5.74, 6) is -1.28. The minimum absolute atomic E-state index is 0.00564. The number of carboxylic acids is 1. The molecule has 21 heavy (non-hydrogen) atoms. The number of carboxylic acid groups (broad SMARTS) is 1. The fourth-order valence-corrected chi connectivity index (χ4v) is 3.04. The number of hydrogen-bond acceptors (Lipinski definition) is 4. The van der Waals surface area contributed by atoms with E-state index in [0.717, 1.165) is 9.87 Å². The Kier molecular flexibility index (Phi) is 5.88. The van der Waals surface area contributed by atoms with Gasteiger partial charge in [-0.2, -0.15) is 9.57 Å². The Labute approximate surface area is 124 Å². The number of carbonyl (C=O) groups is 1. The Bertz CT molecular complexity index is 632. The average molecular weight is 310 g/mol. The van der Waals surface area contributed by atoms with E-state index in [0.29, 0.717) is 6.42 Å². The second-order valence-electron chi connectivity index (χ2n) is 4.85. The van der Waals surface area contributed by atoms with Crippen molar-refractivity contribution >= 4 is 16.0 Å². The van der Waals surface area contributed by atoms with E-state index in [1.165, 1.54) is 19.2 Å². The van der Waals surface area contributed by atoms with Gasteiger partial charge < -0.3 is 5.11 Å². The predicted octanol–water partition coefficient (Wildman–Crippen LogP) is 1.48. The third-order valence-electron chi connectivity index (χ3n) is 3.01. The maximum Gasteiger partial charge on any atom is 0.303 e. The number of aliphatic carboxylic acids is 1. The standard InChI is InChI=1S/C14H18N2O4S/c1-11(9-15)10-16(2)21(19,20)13-6-3-12(4-7-13)5-8-14(17)18/h3-4,6-7,11H,5,8,10H2,1-2H3,(H,17,18). The van der Waals surface area contributed by atoms with E-state index < -0.39 is 16.0 Å². The molecule has 0 spiro atoms. The number of sulfonamides is 1. The quantitative estimate of drug-likeness (QED) is 0.822. The number of nitriles is 1. The van der Waals surface area contributed by atoms with Gasteiger partial charge in [-0.15, -0.1) is 0 Å². The third kappa shape index (κ3) is 4.85. The molecule has 1 unspecified atom stereocenters. The van der Waals surface area contributed by atoms with Gasteiger partial charge in [0, 0.05) is 20.0 Å². The van der Waals surface area contributed by atoms with Crippen LogP contribution in [0.2, 0.25) is 0 Å². The van der Waals surface area contributed by atoms with Crippen molar-refractivity contribution in [2.45, 2.75) is 24.7 Å². The van der Waals surface area contributed by atoms with Crippen LogP contribution < -0.4 is 0 Å². The lowest BCUT2D eigenvalue weighted by Crippen LogP contribution is -2.30. The lowest BCUT2D eigenvalue weighted by atomic mass is 10.1. The van der Waals surface area contributed by atoms with Gasteiger partial charge in [-0.25, -0.2) is 8.42 Å². The lowest BCUT2D eigenvalue weighted by Gasteiger charge is -2.18. The minimum atomic E-state index is -3.63. The fraction of sp³-hybridized carbons (Fsp3) is 0.429. The van der Waals surface area contributed by atoms with Gasteiger partial charge >= 0.3 is 5.97 Å². The van der Waals surface area contributed by atoms with Gasteiger partial charge in [-0.1, -0.05) is 12.1 Å². The zero-order valence-electron chi connectivity index (χ0n) is 12.0. The third-order valence-corrected chi connectivity index (χ3v) is 4.85. The summed E-state index contributed by atoms with van der Waals surface area (Å²) < 4.78 is 25.7. The Morgan fingerprint density at radius 2 is 1.95 bits per heavy atom. The van der Waals surface area contributed by atoms with E-state index in [1.807, 2.05) is 6.07 Å². The summed E-state index contributed by atoms with van der Waals surface area (Å²) in [6.45, 7) is 1.78. The molecule has 1 aromatic rings. The maximum atomic E-state index is 12.3. The second-order valence-corrected chi connectivity index (χ2v) is 6.90. The largest absolute Gasteiger partial charge is 0.481 e. The van der Waals surface area contributed by atoms with Crippen molar-refractivity contribution in [3.8, 4) is 6.07 Å². The van der Waals surface area contributed by atoms with E-state index in [2.05, 4.69) is 0 Å². The molecule has 1 N–H and O–H groups in total. The average Bonchev–Trinajstić information content (AvgIpc) is 2.45. The van der Waals surface area contributed by atoms with E-state index in [9.17, 15) is 13.2 Å². The topological polar surface area (TPSA) is 98.5 Å². The molecule has 114 valence electrons. The Morgan fingerprint density at radius 1 is 1.38 bits per heavy atom. The first-order valence-corrected chi connectivity index (χ1v) is 7.88. The van der Waals surface area contributed by atoms with Gasteiger partial charge in [0.1, 0.15) is 0 Å². The lowest BCUT2D eigenvalue weighted by molar-refractivity contribution is -0.136. The van der Waals surface area contributed by atoms with Crippen LogP contribution in [0.5, 0.6) is 0 Å². The molecule has 1 atom stereocenters. The molecule has 0 aliphatic heterocycles. The van der Waals surface area contributed by atoms with Crippen LogP contribution in [0.1, 0.15) is 18.9 Å². The highest BCUT2D eigenvalue weighted by atomic mass is 32.2. The summed E-state index contributed by atoms with van der Waals surface area (Å²) in [5.41, 5.74) is 0.768. The summed E-state index contributed by atoms with van der Waals surface area (Å²) in [5, 5.41) is 17.4. The van der Waals surface area contributed by atoms with Gasteiger partial charge in [0.05, 0.1) is 16.9 Å². The molecule has 1 aromatic carbocycles. The zero-order valence-corrected chi connectivity index (χ0v) is 12.8. The van der Waals surface area contributed by atoms with Gasteiger partial charge in [0.15, 0.2) is 0 Å². The highest BCUT2D eigenvalue weighted by Crippen LogP contribution is 2.17. The van der Waals surface area contributed by atoms with E-state index in [1.54, 1.807) is 19.1 Å². The zero-order chi connectivity index (χ0) is 16.0. The summed E-state index contributed by atoms with van der Waals surface area (Å²) >= 11 is 0. The molecule has 0 aromatic heterocycles. The molecule has 7 heteroatoms. The smallest absolute Gasteiger partial charge is 0.303 e. The molecule has 0 fully saturated rings. The van der Waals surface area contributed by atoms with Crippen molar-refractivity contribution in [1.82, 2.24) is 4.31 Å². The molecule has 0 radical (unpaired) electrons. The molecular weight excluding hydrogens is 292 g/mol. The molecule has 0 aliphatic rings. The maximum absolute atomic E-state index is 12.3. The first-order chi connectivity index (χ1) is 9.77. The van der Waals surface area contributed by atoms with E-state index >= 15 is 0 Å². The van der Waals surface area contributed by atoms with Crippen molar-refractivity contribution in [2.24, 2.45) is 5.92 Å². The normalized spacial score (nSPS) is 12.9. The molecule has 0 amide bonds. The van der Waals surface area contributed by atoms with Crippen LogP contribution in [-0.4, -0.2) is 37.4 Å². The van der Waals surface area contributed by atoms with Crippen LogP contribution in [0.15, 0.2) is 29.2 Å². The Morgan fingerprint density at radius 3 is 2.43 bits per heavy atom. The molecule has 1 rings (SSSR count). The molecular formula is C14H18N2O4S. The predicted molar refractivity (Wildman–Crippen MR) is 77.0 cm³/mol. The monoisotopic (exact) mass is 310 g/mol. The van der Waals surface area contributed by atoms with E-state index in [4.69, 9.17) is 10.4 Å². The van der Waals surface area contributed by atoms with Crippen LogP contribution in [0.25, 0.3) is 0 Å². The van der Waals surface area contributed by atoms with Crippen molar-refractivity contribution < 1.29 is 18.3 Å². The molecule has 0 aliphatic carbocycles. The number of hydrogen-bond donors (Lipinski definition) is 1. The van der Waals surface area contributed by atoms with Crippen LogP contribution in [0.3, 0.4) is 0 Å². The summed E-state index contributed by atoms with van der Waals surface area (Å²) in [6.07, 6.45) is 0.364. The Balaban J connectivity index is 2.85. The number of benzene rings is 1. The highest BCUT2D eigenvalue weighted by molar-refractivity contribution is 7.89. The molecule has 0 saturated heterocycles. The van der Waals surface area contributed by atoms with Gasteiger partial charge in [-0.3, -0.25) is 4.79 Å². The summed E-state index contributed by atoms with van der Waals surface area (Å²) in [4.78, 5) is 10.6. The summed E-state index contributed by atoms with van der Waals surface area (Å²) in [7, 11) is -2.19. The van der Waals surface area contributed by atoms with Crippen LogP contribution in [0.4, 0.5) is 0 Å². The van der Waals surface area contributed by atoms with E-state index in [-0.39, 0.29) is 23.8 Å². The molecule has 0 heterocycles. The number of rotatable bonds is 7. The molecule has 0 saturated carbocycles. The Hall–Kier alpha value is -1.91. The molecule has 6 nitrogen and oxygen atoms in total. The molecule has 0 bridgehead atoms. The highest BCUT2D eigenvalue weighted by Gasteiger charge is 2.22. The summed E-state index contributed by atoms with van der Waals surface area (Å²) in [6, 6.07) is 8.13. The van der Waals surface area contributed by atoms with Crippen molar-refractivity contribution in [3.05, 3.63) is 29.8 Å². The van der Waals surface area contributed by atoms with Crippen LogP contribution in [-0.2, 0) is 21.2 Å². The first kappa shape index (κ1) is 17.1. The van der Waals surface area contributed by atoms with Crippen molar-refractivity contribution in [2.75, 3.05) is 13.6 Å². The van der Waals surface area contributed by atoms with Gasteiger partial charge in [-0.05, 0) is 31.0 Å². The fourth-order valence-electron chi connectivity index (χ4n) is 1.78. The van der Waals surface area contributed by atoms with Crippen molar-refractivity contribution in [3.63, 3.8) is 0 Å². The van der Waals surface area contributed by atoms with Crippen LogP contribution >= 0.6 is 0 Å². The van der Waals surface area contributed by atoms with Crippen LogP contribution in [0, 0.1) is 17.2 Å².